The molecule has 6 heteroatoms. The fourth-order valence-electron chi connectivity index (χ4n) is 1.97. The van der Waals surface area contributed by atoms with Crippen LogP contribution in [0.15, 0.2) is 48.5 Å². The number of para-hydroxylation sites is 1. The minimum Gasteiger partial charge on any atom is -0.378 e. The summed E-state index contributed by atoms with van der Waals surface area (Å²) in [6.07, 6.45) is 0. The Hall–Kier alpha value is -2.76. The van der Waals surface area contributed by atoms with Gasteiger partial charge in [-0.25, -0.2) is 4.39 Å². The lowest BCUT2D eigenvalue weighted by atomic mass is 10.2. The summed E-state index contributed by atoms with van der Waals surface area (Å²) in [5.41, 5.74) is 2.20. The topological polar surface area (TPSA) is 55.6 Å². The second kappa shape index (κ2) is 5.70. The number of aryl methyl sites for hydroxylation is 1. The second-order valence-electron chi connectivity index (χ2n) is 4.66. The van der Waals surface area contributed by atoms with Gasteiger partial charge in [-0.15, -0.1) is 5.10 Å². The first-order valence-corrected chi connectivity index (χ1v) is 6.57. The van der Waals surface area contributed by atoms with Crippen LogP contribution in [0, 0.1) is 12.7 Å². The summed E-state index contributed by atoms with van der Waals surface area (Å²) in [7, 11) is 0. The molecular weight excluding hydrogens is 269 g/mol. The third-order valence-electron chi connectivity index (χ3n) is 3.16. The van der Waals surface area contributed by atoms with Crippen LogP contribution in [0.5, 0.6) is 0 Å². The number of aromatic nitrogens is 4. The maximum absolute atomic E-state index is 13.5. The van der Waals surface area contributed by atoms with Gasteiger partial charge in [0.1, 0.15) is 5.82 Å². The standard InChI is InChI=1S/C15H14FN5/c1-11-7-8-12(9-14(11)16)17-10-15-18-19-20-21(15)13-5-3-2-4-6-13/h2-9,17H,10H2,1H3. The SMILES string of the molecule is Cc1ccc(NCc2nnnn2-c2ccccc2)cc1F. The molecular formula is C15H14FN5. The highest BCUT2D eigenvalue weighted by Crippen LogP contribution is 2.15. The molecule has 2 aromatic carbocycles. The van der Waals surface area contributed by atoms with Gasteiger partial charge in [0.25, 0.3) is 0 Å². The Morgan fingerprint density at radius 2 is 1.95 bits per heavy atom. The number of tetrazole rings is 1. The minimum atomic E-state index is -0.234. The molecule has 1 heterocycles. The number of hydrogen-bond donors (Lipinski definition) is 1. The van der Waals surface area contributed by atoms with Crippen LogP contribution in [-0.4, -0.2) is 20.2 Å². The Morgan fingerprint density at radius 1 is 1.14 bits per heavy atom. The molecule has 0 spiro atoms. The van der Waals surface area contributed by atoms with Crippen molar-refractivity contribution in [3.63, 3.8) is 0 Å². The summed E-state index contributed by atoms with van der Waals surface area (Å²) in [6.45, 7) is 2.14. The molecule has 0 bridgehead atoms. The molecule has 106 valence electrons. The van der Waals surface area contributed by atoms with Crippen molar-refractivity contribution in [3.8, 4) is 5.69 Å². The average Bonchev–Trinajstić information content (AvgIpc) is 2.98. The molecule has 0 aliphatic carbocycles. The van der Waals surface area contributed by atoms with Crippen molar-refractivity contribution in [2.45, 2.75) is 13.5 Å². The van der Waals surface area contributed by atoms with Gasteiger partial charge >= 0.3 is 0 Å². The first-order chi connectivity index (χ1) is 10.2. The van der Waals surface area contributed by atoms with Crippen molar-refractivity contribution in [1.82, 2.24) is 20.2 Å². The normalized spacial score (nSPS) is 10.6. The lowest BCUT2D eigenvalue weighted by Gasteiger charge is -2.08. The zero-order valence-corrected chi connectivity index (χ0v) is 11.5. The van der Waals surface area contributed by atoms with E-state index in [0.29, 0.717) is 23.6 Å². The van der Waals surface area contributed by atoms with E-state index in [-0.39, 0.29) is 5.82 Å². The number of benzene rings is 2. The number of hydrogen-bond acceptors (Lipinski definition) is 4. The third-order valence-corrected chi connectivity index (χ3v) is 3.16. The third kappa shape index (κ3) is 2.89. The average molecular weight is 283 g/mol. The van der Waals surface area contributed by atoms with Crippen molar-refractivity contribution >= 4 is 5.69 Å². The van der Waals surface area contributed by atoms with Crippen LogP contribution in [0.3, 0.4) is 0 Å². The summed E-state index contributed by atoms with van der Waals surface area (Å²) >= 11 is 0. The molecule has 0 aliphatic heterocycles. The fraction of sp³-hybridized carbons (Fsp3) is 0.133. The Bertz CT molecular complexity index is 739. The summed E-state index contributed by atoms with van der Waals surface area (Å²) < 4.78 is 15.2. The Morgan fingerprint density at radius 3 is 2.71 bits per heavy atom. The second-order valence-corrected chi connectivity index (χ2v) is 4.66. The molecule has 5 nitrogen and oxygen atoms in total. The fourth-order valence-corrected chi connectivity index (χ4v) is 1.97. The molecule has 0 aliphatic rings. The van der Waals surface area contributed by atoms with Gasteiger partial charge in [-0.3, -0.25) is 0 Å². The maximum Gasteiger partial charge on any atom is 0.175 e. The van der Waals surface area contributed by atoms with E-state index in [1.807, 2.05) is 36.4 Å². The predicted octanol–water partition coefficient (Wildman–Crippen LogP) is 2.72. The first kappa shape index (κ1) is 13.2. The van der Waals surface area contributed by atoms with Gasteiger partial charge in [0.15, 0.2) is 5.82 Å². The van der Waals surface area contributed by atoms with Crippen LogP contribution >= 0.6 is 0 Å². The molecule has 21 heavy (non-hydrogen) atoms. The van der Waals surface area contributed by atoms with E-state index in [2.05, 4.69) is 20.8 Å². The van der Waals surface area contributed by atoms with Gasteiger partial charge in [0, 0.05) is 5.69 Å². The number of halogens is 1. The van der Waals surface area contributed by atoms with Crippen LogP contribution in [-0.2, 0) is 6.54 Å². The Labute approximate surface area is 121 Å². The highest BCUT2D eigenvalue weighted by Gasteiger charge is 2.08. The molecule has 0 unspecified atom stereocenters. The van der Waals surface area contributed by atoms with Crippen LogP contribution in [0.1, 0.15) is 11.4 Å². The van der Waals surface area contributed by atoms with Gasteiger partial charge in [0.2, 0.25) is 0 Å². The van der Waals surface area contributed by atoms with E-state index in [1.54, 1.807) is 17.7 Å². The monoisotopic (exact) mass is 283 g/mol. The molecule has 3 aromatic rings. The van der Waals surface area contributed by atoms with Crippen molar-refractivity contribution < 1.29 is 4.39 Å². The van der Waals surface area contributed by atoms with Crippen LogP contribution in [0.25, 0.3) is 5.69 Å². The summed E-state index contributed by atoms with van der Waals surface area (Å²) in [6, 6.07) is 14.6. The van der Waals surface area contributed by atoms with Crippen molar-refractivity contribution in [2.75, 3.05) is 5.32 Å². The molecule has 0 saturated carbocycles. The van der Waals surface area contributed by atoms with E-state index in [9.17, 15) is 4.39 Å². The Kier molecular flexibility index (Phi) is 3.59. The number of rotatable bonds is 4. The molecule has 3 rings (SSSR count). The Balaban J connectivity index is 1.77. The summed E-state index contributed by atoms with van der Waals surface area (Å²) in [5.74, 6) is 0.421. The van der Waals surface area contributed by atoms with E-state index >= 15 is 0 Å². The van der Waals surface area contributed by atoms with Gasteiger partial charge in [-0.1, -0.05) is 24.3 Å². The highest BCUT2D eigenvalue weighted by molar-refractivity contribution is 5.45. The first-order valence-electron chi connectivity index (χ1n) is 6.57. The number of nitrogens with one attached hydrogen (secondary N) is 1. The molecule has 0 amide bonds. The van der Waals surface area contributed by atoms with Crippen LogP contribution in [0.4, 0.5) is 10.1 Å². The number of anilines is 1. The van der Waals surface area contributed by atoms with E-state index in [1.165, 1.54) is 6.07 Å². The maximum atomic E-state index is 13.5. The van der Waals surface area contributed by atoms with Gasteiger partial charge in [-0.2, -0.15) is 4.68 Å². The summed E-state index contributed by atoms with van der Waals surface area (Å²) in [4.78, 5) is 0. The zero-order chi connectivity index (χ0) is 14.7. The van der Waals surface area contributed by atoms with Gasteiger partial charge in [0.05, 0.1) is 12.2 Å². The van der Waals surface area contributed by atoms with Crippen molar-refractivity contribution in [2.24, 2.45) is 0 Å². The van der Waals surface area contributed by atoms with Gasteiger partial charge < -0.3 is 5.32 Å². The van der Waals surface area contributed by atoms with Gasteiger partial charge in [-0.05, 0) is 47.2 Å². The molecule has 0 radical (unpaired) electrons. The van der Waals surface area contributed by atoms with Crippen molar-refractivity contribution in [1.29, 1.82) is 0 Å². The molecule has 0 saturated heterocycles. The zero-order valence-electron chi connectivity index (χ0n) is 11.5. The van der Waals surface area contributed by atoms with E-state index in [4.69, 9.17) is 0 Å². The summed E-state index contributed by atoms with van der Waals surface area (Å²) in [5, 5.41) is 14.8. The smallest absolute Gasteiger partial charge is 0.175 e. The van der Waals surface area contributed by atoms with E-state index in [0.717, 1.165) is 5.69 Å². The van der Waals surface area contributed by atoms with Crippen molar-refractivity contribution in [3.05, 3.63) is 65.7 Å². The molecule has 1 aromatic heterocycles. The lowest BCUT2D eigenvalue weighted by Crippen LogP contribution is -2.08. The minimum absolute atomic E-state index is 0.234. The highest BCUT2D eigenvalue weighted by atomic mass is 19.1. The predicted molar refractivity (Wildman–Crippen MR) is 77.6 cm³/mol. The quantitative estimate of drug-likeness (QED) is 0.800. The molecule has 1 N–H and O–H groups in total. The largest absolute Gasteiger partial charge is 0.378 e. The van der Waals surface area contributed by atoms with Crippen LogP contribution < -0.4 is 5.32 Å². The van der Waals surface area contributed by atoms with Crippen LogP contribution in [0.2, 0.25) is 0 Å². The van der Waals surface area contributed by atoms with E-state index < -0.39 is 0 Å². The molecule has 0 atom stereocenters. The molecule has 0 fully saturated rings. The number of nitrogens with zero attached hydrogens (tertiary/aromatic N) is 4. The lowest BCUT2D eigenvalue weighted by molar-refractivity contribution is 0.619.